The van der Waals surface area contributed by atoms with Crippen molar-refractivity contribution in [1.82, 2.24) is 4.90 Å². The van der Waals surface area contributed by atoms with E-state index in [1.54, 1.807) is 4.90 Å². The highest BCUT2D eigenvalue weighted by Crippen LogP contribution is 2.32. The Hall–Kier alpha value is -1.55. The Kier molecular flexibility index (Phi) is 4.39. The minimum absolute atomic E-state index is 0.0665. The largest absolute Gasteiger partial charge is 0.467 e. The summed E-state index contributed by atoms with van der Waals surface area (Å²) in [6.45, 7) is 0.657. The first-order chi connectivity index (χ1) is 10.6. The maximum Gasteiger partial charge on any atom is 0.328 e. The van der Waals surface area contributed by atoms with Gasteiger partial charge in [-0.1, -0.05) is 17.7 Å². The van der Waals surface area contributed by atoms with Crippen LogP contribution in [-0.2, 0) is 27.2 Å². The number of amides is 1. The third-order valence-corrected chi connectivity index (χ3v) is 4.93. The summed E-state index contributed by atoms with van der Waals surface area (Å²) in [5.74, 6) is 0.0732. The number of benzene rings is 1. The lowest BCUT2D eigenvalue weighted by Gasteiger charge is -2.24. The second-order valence-corrected chi connectivity index (χ2v) is 6.60. The Morgan fingerprint density at radius 1 is 1.32 bits per heavy atom. The average Bonchev–Trinajstić information content (AvgIpc) is 3.11. The molecule has 1 aliphatic heterocycles. The number of halogens is 1. The fourth-order valence-electron chi connectivity index (χ4n) is 3.63. The molecule has 1 aromatic carbocycles. The number of rotatable bonds is 3. The van der Waals surface area contributed by atoms with Gasteiger partial charge in [-0.3, -0.25) is 4.79 Å². The molecule has 1 saturated heterocycles. The van der Waals surface area contributed by atoms with Gasteiger partial charge >= 0.3 is 5.97 Å². The zero-order valence-corrected chi connectivity index (χ0v) is 13.4. The predicted molar refractivity (Wildman–Crippen MR) is 83.7 cm³/mol. The lowest BCUT2D eigenvalue weighted by Crippen LogP contribution is -2.41. The first-order valence-electron chi connectivity index (χ1n) is 7.73. The number of fused-ring (bicyclic) bond motifs is 1. The van der Waals surface area contributed by atoms with E-state index >= 15 is 0 Å². The molecule has 0 aromatic heterocycles. The van der Waals surface area contributed by atoms with Gasteiger partial charge in [-0.05, 0) is 54.9 Å². The summed E-state index contributed by atoms with van der Waals surface area (Å²) < 4.78 is 4.80. The highest BCUT2D eigenvalue weighted by molar-refractivity contribution is 6.30. The number of hydrogen-bond acceptors (Lipinski definition) is 3. The predicted octanol–water partition coefficient (Wildman–Crippen LogP) is 2.61. The number of carbonyl (C=O) groups excluding carboxylic acids is 2. The molecular weight excluding hydrogens is 302 g/mol. The highest BCUT2D eigenvalue weighted by atomic mass is 35.5. The van der Waals surface area contributed by atoms with E-state index in [4.69, 9.17) is 16.3 Å². The Morgan fingerprint density at radius 2 is 2.09 bits per heavy atom. The van der Waals surface area contributed by atoms with Crippen LogP contribution in [0.25, 0.3) is 0 Å². The third-order valence-electron chi connectivity index (χ3n) is 4.70. The van der Waals surface area contributed by atoms with Gasteiger partial charge < -0.3 is 9.64 Å². The quantitative estimate of drug-likeness (QED) is 0.804. The summed E-state index contributed by atoms with van der Waals surface area (Å²) in [4.78, 5) is 26.0. The van der Waals surface area contributed by atoms with E-state index in [1.165, 1.54) is 18.2 Å². The Balaban J connectivity index is 1.62. The fourth-order valence-corrected chi connectivity index (χ4v) is 3.83. The molecule has 1 aromatic rings. The van der Waals surface area contributed by atoms with Gasteiger partial charge in [0.15, 0.2) is 0 Å². The van der Waals surface area contributed by atoms with Crippen molar-refractivity contribution in [1.29, 1.82) is 0 Å². The van der Waals surface area contributed by atoms with E-state index in [2.05, 4.69) is 6.07 Å². The van der Waals surface area contributed by atoms with Crippen molar-refractivity contribution >= 4 is 23.5 Å². The van der Waals surface area contributed by atoms with Crippen LogP contribution in [0.5, 0.6) is 0 Å². The minimum atomic E-state index is -0.393. The summed E-state index contributed by atoms with van der Waals surface area (Å²) in [5.41, 5.74) is 2.53. The number of nitrogens with zero attached hydrogens (tertiary/aromatic N) is 1. The van der Waals surface area contributed by atoms with Crippen LogP contribution in [0.15, 0.2) is 18.2 Å². The van der Waals surface area contributed by atoms with Crippen molar-refractivity contribution < 1.29 is 14.3 Å². The molecule has 1 fully saturated rings. The molecule has 1 heterocycles. The zero-order chi connectivity index (χ0) is 15.7. The van der Waals surface area contributed by atoms with Gasteiger partial charge in [0.2, 0.25) is 5.91 Å². The van der Waals surface area contributed by atoms with E-state index in [9.17, 15) is 9.59 Å². The van der Waals surface area contributed by atoms with Crippen LogP contribution in [-0.4, -0.2) is 36.5 Å². The molecule has 0 bridgehead atoms. The van der Waals surface area contributed by atoms with Crippen molar-refractivity contribution in [3.05, 3.63) is 34.3 Å². The van der Waals surface area contributed by atoms with Crippen LogP contribution in [0.3, 0.4) is 0 Å². The van der Waals surface area contributed by atoms with Gasteiger partial charge in [-0.2, -0.15) is 0 Å². The fraction of sp³-hybridized carbons (Fsp3) is 0.529. The molecule has 0 saturated carbocycles. The van der Waals surface area contributed by atoms with E-state index in [-0.39, 0.29) is 11.9 Å². The zero-order valence-electron chi connectivity index (χ0n) is 12.7. The standard InChI is InChI=1S/C17H20ClNO3/c1-22-17(21)15-3-2-6-19(15)16(20)9-11-7-12-4-5-14(18)10-13(12)8-11/h4-5,10-11,15H,2-3,6-9H2,1H3/t11?,15-/m0/s1. The maximum atomic E-state index is 12.5. The molecule has 3 rings (SSSR count). The number of ether oxygens (including phenoxy) is 1. The first kappa shape index (κ1) is 15.3. The average molecular weight is 322 g/mol. The number of carbonyl (C=O) groups is 2. The number of esters is 1. The Labute approximate surface area is 135 Å². The monoisotopic (exact) mass is 321 g/mol. The summed E-state index contributed by atoms with van der Waals surface area (Å²) in [6.07, 6.45) is 3.86. The van der Waals surface area contributed by atoms with Crippen LogP contribution in [0.4, 0.5) is 0 Å². The topological polar surface area (TPSA) is 46.6 Å². The molecular formula is C17H20ClNO3. The van der Waals surface area contributed by atoms with Crippen molar-refractivity contribution in [3.8, 4) is 0 Å². The van der Waals surface area contributed by atoms with E-state index in [0.29, 0.717) is 25.3 Å². The molecule has 1 amide bonds. The van der Waals surface area contributed by atoms with Crippen molar-refractivity contribution in [2.75, 3.05) is 13.7 Å². The second kappa shape index (κ2) is 6.29. The third kappa shape index (κ3) is 2.98. The number of hydrogen-bond donors (Lipinski definition) is 0. The van der Waals surface area contributed by atoms with E-state index < -0.39 is 6.04 Å². The van der Waals surface area contributed by atoms with Crippen LogP contribution in [0.1, 0.15) is 30.4 Å². The summed E-state index contributed by atoms with van der Waals surface area (Å²) in [6, 6.07) is 5.55. The lowest BCUT2D eigenvalue weighted by molar-refractivity contribution is -0.151. The highest BCUT2D eigenvalue weighted by Gasteiger charge is 2.36. The molecule has 0 spiro atoms. The molecule has 0 radical (unpaired) electrons. The van der Waals surface area contributed by atoms with Crippen LogP contribution >= 0.6 is 11.6 Å². The second-order valence-electron chi connectivity index (χ2n) is 6.16. The van der Waals surface area contributed by atoms with Gasteiger partial charge in [0.25, 0.3) is 0 Å². The normalized spacial score (nSPS) is 23.5. The molecule has 2 aliphatic rings. The van der Waals surface area contributed by atoms with E-state index in [1.807, 2.05) is 12.1 Å². The van der Waals surface area contributed by atoms with Crippen molar-refractivity contribution in [2.24, 2.45) is 5.92 Å². The maximum absolute atomic E-state index is 12.5. The number of likely N-dealkylation sites (tertiary alicyclic amines) is 1. The van der Waals surface area contributed by atoms with Crippen molar-refractivity contribution in [2.45, 2.75) is 38.1 Å². The molecule has 118 valence electrons. The summed E-state index contributed by atoms with van der Waals surface area (Å²) in [7, 11) is 1.38. The number of methoxy groups -OCH3 is 1. The molecule has 5 heteroatoms. The molecule has 0 N–H and O–H groups in total. The van der Waals surface area contributed by atoms with Crippen LogP contribution in [0.2, 0.25) is 5.02 Å². The minimum Gasteiger partial charge on any atom is -0.467 e. The Bertz CT molecular complexity index is 602. The molecule has 1 unspecified atom stereocenters. The lowest BCUT2D eigenvalue weighted by atomic mass is 10.0. The van der Waals surface area contributed by atoms with Crippen molar-refractivity contribution in [3.63, 3.8) is 0 Å². The van der Waals surface area contributed by atoms with Gasteiger partial charge in [-0.25, -0.2) is 4.79 Å². The summed E-state index contributed by atoms with van der Waals surface area (Å²) in [5, 5.41) is 0.746. The molecule has 2 atom stereocenters. The van der Waals surface area contributed by atoms with Gasteiger partial charge in [0.1, 0.15) is 6.04 Å². The Morgan fingerprint density at radius 3 is 2.86 bits per heavy atom. The SMILES string of the molecule is COC(=O)[C@@H]1CCCN1C(=O)CC1Cc2ccc(Cl)cc2C1. The first-order valence-corrected chi connectivity index (χ1v) is 8.11. The van der Waals surface area contributed by atoms with Crippen LogP contribution in [0, 0.1) is 5.92 Å². The molecule has 4 nitrogen and oxygen atoms in total. The van der Waals surface area contributed by atoms with Gasteiger partial charge in [0.05, 0.1) is 7.11 Å². The van der Waals surface area contributed by atoms with Crippen LogP contribution < -0.4 is 0 Å². The molecule has 22 heavy (non-hydrogen) atoms. The summed E-state index contributed by atoms with van der Waals surface area (Å²) >= 11 is 6.02. The van der Waals surface area contributed by atoms with E-state index in [0.717, 1.165) is 24.3 Å². The molecule has 1 aliphatic carbocycles. The van der Waals surface area contributed by atoms with Gasteiger partial charge in [-0.15, -0.1) is 0 Å². The van der Waals surface area contributed by atoms with Gasteiger partial charge in [0, 0.05) is 18.0 Å². The smallest absolute Gasteiger partial charge is 0.328 e.